The Morgan fingerprint density at radius 3 is 2.67 bits per heavy atom. The molecule has 0 bridgehead atoms. The van der Waals surface area contributed by atoms with Crippen LogP contribution < -0.4 is 10.6 Å². The molecule has 0 aliphatic rings. The maximum absolute atomic E-state index is 4.65. The molecule has 5 heteroatoms. The standard InChI is InChI=1S/C16H26N4S/c1-6-8-17-15-19-13(12-7-9-21-14(12)20-15)18-10-16(4,5)11(2)3/h7,9,11H,6,8,10H2,1-5H3,(H2,17,18,19,20). The zero-order valence-electron chi connectivity index (χ0n) is 13.7. The van der Waals surface area contributed by atoms with Gasteiger partial charge in [-0.3, -0.25) is 0 Å². The van der Waals surface area contributed by atoms with Gasteiger partial charge < -0.3 is 10.6 Å². The van der Waals surface area contributed by atoms with Gasteiger partial charge in [0.05, 0.1) is 5.39 Å². The van der Waals surface area contributed by atoms with E-state index in [2.05, 4.69) is 66.7 Å². The fraction of sp³-hybridized carbons (Fsp3) is 0.625. The van der Waals surface area contributed by atoms with Crippen molar-refractivity contribution in [1.82, 2.24) is 9.97 Å². The van der Waals surface area contributed by atoms with E-state index in [4.69, 9.17) is 0 Å². The summed E-state index contributed by atoms with van der Waals surface area (Å²) in [7, 11) is 0. The third-order valence-electron chi connectivity index (χ3n) is 4.13. The maximum atomic E-state index is 4.65. The molecule has 0 fully saturated rings. The second kappa shape index (κ2) is 6.60. The molecule has 2 aromatic rings. The smallest absolute Gasteiger partial charge is 0.226 e. The van der Waals surface area contributed by atoms with Gasteiger partial charge in [0.2, 0.25) is 5.95 Å². The van der Waals surface area contributed by atoms with E-state index in [-0.39, 0.29) is 5.41 Å². The Kier molecular flexibility index (Phi) is 5.04. The lowest BCUT2D eigenvalue weighted by molar-refractivity contribution is 0.269. The van der Waals surface area contributed by atoms with E-state index in [1.54, 1.807) is 11.3 Å². The van der Waals surface area contributed by atoms with Gasteiger partial charge in [0.25, 0.3) is 0 Å². The van der Waals surface area contributed by atoms with Gasteiger partial charge in [-0.05, 0) is 29.2 Å². The van der Waals surface area contributed by atoms with Crippen LogP contribution in [0, 0.1) is 11.3 Å². The molecule has 0 spiro atoms. The van der Waals surface area contributed by atoms with Crippen molar-refractivity contribution in [2.24, 2.45) is 11.3 Å². The van der Waals surface area contributed by atoms with Crippen molar-refractivity contribution < 1.29 is 0 Å². The first-order chi connectivity index (χ1) is 9.94. The number of nitrogens with one attached hydrogen (secondary N) is 2. The lowest BCUT2D eigenvalue weighted by atomic mass is 9.81. The van der Waals surface area contributed by atoms with Gasteiger partial charge in [-0.1, -0.05) is 34.6 Å². The lowest BCUT2D eigenvalue weighted by Gasteiger charge is -2.29. The van der Waals surface area contributed by atoms with E-state index >= 15 is 0 Å². The summed E-state index contributed by atoms with van der Waals surface area (Å²) in [4.78, 5) is 10.3. The summed E-state index contributed by atoms with van der Waals surface area (Å²) in [6.45, 7) is 13.0. The number of nitrogens with zero attached hydrogens (tertiary/aromatic N) is 2. The number of anilines is 2. The first-order valence-electron chi connectivity index (χ1n) is 7.67. The minimum atomic E-state index is 0.226. The van der Waals surface area contributed by atoms with E-state index in [9.17, 15) is 0 Å². The van der Waals surface area contributed by atoms with Crippen LogP contribution in [0.25, 0.3) is 10.2 Å². The molecular weight excluding hydrogens is 280 g/mol. The fourth-order valence-corrected chi connectivity index (χ4v) is 2.59. The van der Waals surface area contributed by atoms with Crippen molar-refractivity contribution in [3.63, 3.8) is 0 Å². The summed E-state index contributed by atoms with van der Waals surface area (Å²) in [5.41, 5.74) is 0.226. The van der Waals surface area contributed by atoms with Gasteiger partial charge in [-0.15, -0.1) is 11.3 Å². The highest BCUT2D eigenvalue weighted by Crippen LogP contribution is 2.30. The van der Waals surface area contributed by atoms with Crippen molar-refractivity contribution in [1.29, 1.82) is 0 Å². The SMILES string of the molecule is CCCNc1nc(NCC(C)(C)C(C)C)c2ccsc2n1. The highest BCUT2D eigenvalue weighted by Gasteiger charge is 2.22. The molecule has 21 heavy (non-hydrogen) atoms. The highest BCUT2D eigenvalue weighted by molar-refractivity contribution is 7.16. The summed E-state index contributed by atoms with van der Waals surface area (Å²) in [6.07, 6.45) is 1.06. The zero-order chi connectivity index (χ0) is 15.5. The van der Waals surface area contributed by atoms with E-state index in [0.29, 0.717) is 5.92 Å². The van der Waals surface area contributed by atoms with Crippen molar-refractivity contribution in [2.45, 2.75) is 41.0 Å². The minimum absolute atomic E-state index is 0.226. The molecule has 4 nitrogen and oxygen atoms in total. The summed E-state index contributed by atoms with van der Waals surface area (Å²) < 4.78 is 0. The quantitative estimate of drug-likeness (QED) is 0.784. The number of thiophene rings is 1. The molecule has 0 atom stereocenters. The molecule has 116 valence electrons. The van der Waals surface area contributed by atoms with Crippen LogP contribution in [-0.2, 0) is 0 Å². The van der Waals surface area contributed by atoms with Crippen molar-refractivity contribution >= 4 is 33.3 Å². The summed E-state index contributed by atoms with van der Waals surface area (Å²) in [6, 6.07) is 2.09. The Labute approximate surface area is 131 Å². The Morgan fingerprint density at radius 1 is 1.24 bits per heavy atom. The molecule has 0 aromatic carbocycles. The van der Waals surface area contributed by atoms with Crippen LogP contribution in [0.5, 0.6) is 0 Å². The van der Waals surface area contributed by atoms with E-state index < -0.39 is 0 Å². The third kappa shape index (κ3) is 3.84. The molecular formula is C16H26N4S. The molecule has 0 amide bonds. The molecule has 0 saturated carbocycles. The monoisotopic (exact) mass is 306 g/mol. The Bertz CT molecular complexity index is 589. The van der Waals surface area contributed by atoms with Crippen LogP contribution in [0.3, 0.4) is 0 Å². The first kappa shape index (κ1) is 16.0. The van der Waals surface area contributed by atoms with Gasteiger partial charge in [0, 0.05) is 13.1 Å². The van der Waals surface area contributed by atoms with Crippen molar-refractivity contribution in [2.75, 3.05) is 23.7 Å². The summed E-state index contributed by atoms with van der Waals surface area (Å²) in [5, 5.41) is 9.99. The molecule has 2 N–H and O–H groups in total. The van der Waals surface area contributed by atoms with Crippen LogP contribution in [-0.4, -0.2) is 23.1 Å². The number of hydrogen-bond donors (Lipinski definition) is 2. The molecule has 0 radical (unpaired) electrons. The van der Waals surface area contributed by atoms with E-state index in [0.717, 1.165) is 41.5 Å². The Hall–Kier alpha value is -1.36. The van der Waals surface area contributed by atoms with Crippen molar-refractivity contribution in [3.05, 3.63) is 11.4 Å². The predicted octanol–water partition coefficient (Wildman–Crippen LogP) is 4.61. The number of rotatable bonds is 7. The van der Waals surface area contributed by atoms with E-state index in [1.807, 2.05) is 0 Å². The average molecular weight is 306 g/mol. The van der Waals surface area contributed by atoms with Gasteiger partial charge in [-0.2, -0.15) is 4.98 Å². The van der Waals surface area contributed by atoms with Crippen LogP contribution in [0.2, 0.25) is 0 Å². The summed E-state index contributed by atoms with van der Waals surface area (Å²) >= 11 is 1.66. The number of fused-ring (bicyclic) bond motifs is 1. The first-order valence-corrected chi connectivity index (χ1v) is 8.55. The lowest BCUT2D eigenvalue weighted by Crippen LogP contribution is -2.29. The van der Waals surface area contributed by atoms with Gasteiger partial charge in [0.1, 0.15) is 10.6 Å². The van der Waals surface area contributed by atoms with Crippen LogP contribution in [0.1, 0.15) is 41.0 Å². The number of aromatic nitrogens is 2. The van der Waals surface area contributed by atoms with Crippen molar-refractivity contribution in [3.8, 4) is 0 Å². The third-order valence-corrected chi connectivity index (χ3v) is 4.94. The highest BCUT2D eigenvalue weighted by atomic mass is 32.1. The normalized spacial score (nSPS) is 12.1. The van der Waals surface area contributed by atoms with Gasteiger partial charge in [-0.25, -0.2) is 4.98 Å². The second-order valence-electron chi connectivity index (χ2n) is 6.46. The fourth-order valence-electron chi connectivity index (χ4n) is 1.82. The molecule has 0 aliphatic heterocycles. The second-order valence-corrected chi connectivity index (χ2v) is 7.35. The van der Waals surface area contributed by atoms with Crippen LogP contribution in [0.4, 0.5) is 11.8 Å². The summed E-state index contributed by atoms with van der Waals surface area (Å²) in [5.74, 6) is 2.27. The Balaban J connectivity index is 2.22. The van der Waals surface area contributed by atoms with Gasteiger partial charge >= 0.3 is 0 Å². The zero-order valence-corrected chi connectivity index (χ0v) is 14.5. The van der Waals surface area contributed by atoms with Crippen LogP contribution >= 0.6 is 11.3 Å². The molecule has 2 aromatic heterocycles. The predicted molar refractivity (Wildman–Crippen MR) is 93.3 cm³/mol. The van der Waals surface area contributed by atoms with Crippen LogP contribution in [0.15, 0.2) is 11.4 Å². The Morgan fingerprint density at radius 2 is 2.00 bits per heavy atom. The van der Waals surface area contributed by atoms with E-state index in [1.165, 1.54) is 0 Å². The molecule has 0 unspecified atom stereocenters. The molecule has 0 saturated heterocycles. The number of hydrogen-bond acceptors (Lipinski definition) is 5. The molecule has 2 heterocycles. The molecule has 2 rings (SSSR count). The maximum Gasteiger partial charge on any atom is 0.226 e. The average Bonchev–Trinajstić information content (AvgIpc) is 2.90. The topological polar surface area (TPSA) is 49.8 Å². The minimum Gasteiger partial charge on any atom is -0.369 e. The van der Waals surface area contributed by atoms with Gasteiger partial charge in [0.15, 0.2) is 0 Å². The largest absolute Gasteiger partial charge is 0.369 e. The molecule has 0 aliphatic carbocycles.